The number of halogens is 1. The summed E-state index contributed by atoms with van der Waals surface area (Å²) in [4.78, 5) is 7.84. The molecule has 1 unspecified atom stereocenters. The van der Waals surface area contributed by atoms with Crippen molar-refractivity contribution in [1.82, 2.24) is 9.88 Å². The summed E-state index contributed by atoms with van der Waals surface area (Å²) in [6.45, 7) is 3.28. The Morgan fingerprint density at radius 3 is 2.89 bits per heavy atom. The molecule has 1 saturated heterocycles. The van der Waals surface area contributed by atoms with E-state index in [2.05, 4.69) is 40.2 Å². The number of hydrogen-bond donors (Lipinski definition) is 0. The molecule has 2 nitrogen and oxygen atoms in total. The number of likely N-dealkylation sites (tertiary alicyclic amines) is 1. The summed E-state index contributed by atoms with van der Waals surface area (Å²) >= 11 is 7.44. The predicted octanol–water partition coefficient (Wildman–Crippen LogP) is 3.79. The maximum atomic E-state index is 5.86. The number of benzene rings is 1. The third-order valence-electron chi connectivity index (χ3n) is 3.45. The Bertz CT molecular complexity index is 512. The lowest BCUT2D eigenvalue weighted by atomic mass is 9.99. The molecule has 2 heterocycles. The van der Waals surface area contributed by atoms with Crippen molar-refractivity contribution < 1.29 is 0 Å². The van der Waals surface area contributed by atoms with Crippen LogP contribution >= 0.6 is 22.9 Å². The van der Waals surface area contributed by atoms with Gasteiger partial charge in [0.2, 0.25) is 0 Å². The molecule has 0 saturated carbocycles. The van der Waals surface area contributed by atoms with Crippen LogP contribution in [0.15, 0.2) is 36.5 Å². The first-order chi connectivity index (χ1) is 8.81. The van der Waals surface area contributed by atoms with Gasteiger partial charge in [-0.1, -0.05) is 41.9 Å². The van der Waals surface area contributed by atoms with Gasteiger partial charge in [0, 0.05) is 24.2 Å². The fourth-order valence-electron chi connectivity index (χ4n) is 2.55. The molecule has 1 fully saturated rings. The van der Waals surface area contributed by atoms with Crippen LogP contribution < -0.4 is 0 Å². The second-order valence-corrected chi connectivity index (χ2v) is 6.41. The third-order valence-corrected chi connectivity index (χ3v) is 4.55. The van der Waals surface area contributed by atoms with E-state index in [1.807, 2.05) is 6.20 Å². The van der Waals surface area contributed by atoms with Crippen molar-refractivity contribution >= 4 is 22.9 Å². The van der Waals surface area contributed by atoms with Gasteiger partial charge in [-0.05, 0) is 24.4 Å². The monoisotopic (exact) mass is 278 g/mol. The Kier molecular flexibility index (Phi) is 3.64. The molecule has 1 aliphatic rings. The highest BCUT2D eigenvalue weighted by Crippen LogP contribution is 2.29. The lowest BCUT2D eigenvalue weighted by molar-refractivity contribution is 0.329. The van der Waals surface area contributed by atoms with Crippen molar-refractivity contribution in [2.75, 3.05) is 13.1 Å². The zero-order valence-electron chi connectivity index (χ0n) is 10.1. The van der Waals surface area contributed by atoms with Gasteiger partial charge >= 0.3 is 0 Å². The molecule has 3 rings (SSSR count). The van der Waals surface area contributed by atoms with Crippen LogP contribution in [0.2, 0.25) is 4.47 Å². The van der Waals surface area contributed by atoms with Crippen molar-refractivity contribution in [2.24, 2.45) is 0 Å². The summed E-state index contributed by atoms with van der Waals surface area (Å²) in [5.74, 6) is 0.676. The predicted molar refractivity (Wildman–Crippen MR) is 76.2 cm³/mol. The first-order valence-corrected chi connectivity index (χ1v) is 7.38. The number of nitrogens with zero attached hydrogens (tertiary/aromatic N) is 2. The minimum absolute atomic E-state index is 0.642. The molecule has 4 heteroatoms. The molecular formula is C14H15ClN2S. The molecule has 0 amide bonds. The molecule has 0 aliphatic carbocycles. The van der Waals surface area contributed by atoms with E-state index in [1.54, 1.807) is 11.3 Å². The molecule has 0 spiro atoms. The Labute approximate surface area is 116 Å². The molecule has 0 N–H and O–H groups in total. The van der Waals surface area contributed by atoms with E-state index < -0.39 is 0 Å². The molecule has 0 radical (unpaired) electrons. The average molecular weight is 279 g/mol. The molecule has 1 aliphatic heterocycles. The molecule has 1 atom stereocenters. The molecule has 1 aromatic carbocycles. The summed E-state index contributed by atoms with van der Waals surface area (Å²) in [6.07, 6.45) is 3.14. The lowest BCUT2D eigenvalue weighted by Crippen LogP contribution is -2.19. The van der Waals surface area contributed by atoms with Crippen molar-refractivity contribution in [3.8, 4) is 0 Å². The highest BCUT2D eigenvalue weighted by Gasteiger charge is 2.23. The van der Waals surface area contributed by atoms with E-state index in [9.17, 15) is 0 Å². The van der Waals surface area contributed by atoms with E-state index in [-0.39, 0.29) is 0 Å². The number of hydrogen-bond acceptors (Lipinski definition) is 3. The van der Waals surface area contributed by atoms with Crippen LogP contribution in [0.3, 0.4) is 0 Å². The van der Waals surface area contributed by atoms with Crippen LogP contribution in [-0.4, -0.2) is 23.0 Å². The van der Waals surface area contributed by atoms with Crippen LogP contribution in [0.1, 0.15) is 22.8 Å². The smallest absolute Gasteiger partial charge is 0.183 e. The second-order valence-electron chi connectivity index (χ2n) is 4.71. The van der Waals surface area contributed by atoms with Crippen molar-refractivity contribution in [3.63, 3.8) is 0 Å². The van der Waals surface area contributed by atoms with Gasteiger partial charge in [-0.2, -0.15) is 0 Å². The standard InChI is InChI=1S/C14H15ClN2S/c15-14-16-8-13(18-14)10-17-7-6-12(9-17)11-4-2-1-3-5-11/h1-5,8,12H,6-7,9-10H2. The quantitative estimate of drug-likeness (QED) is 0.849. The molecule has 2 aromatic rings. The molecule has 18 heavy (non-hydrogen) atoms. The average Bonchev–Trinajstić information content (AvgIpc) is 3.01. The maximum absolute atomic E-state index is 5.86. The first kappa shape index (κ1) is 12.2. The molecule has 1 aromatic heterocycles. The molecular weight excluding hydrogens is 264 g/mol. The van der Waals surface area contributed by atoms with E-state index in [0.717, 1.165) is 19.6 Å². The van der Waals surface area contributed by atoms with Gasteiger partial charge < -0.3 is 0 Å². The summed E-state index contributed by atoms with van der Waals surface area (Å²) < 4.78 is 0.642. The van der Waals surface area contributed by atoms with Crippen molar-refractivity contribution in [2.45, 2.75) is 18.9 Å². The highest BCUT2D eigenvalue weighted by atomic mass is 35.5. The SMILES string of the molecule is Clc1ncc(CN2CCC(c3ccccc3)C2)s1. The van der Waals surface area contributed by atoms with Gasteiger partial charge in [-0.25, -0.2) is 4.98 Å². The lowest BCUT2D eigenvalue weighted by Gasteiger charge is -2.14. The Hall–Kier alpha value is -0.900. The minimum atomic E-state index is 0.642. The van der Waals surface area contributed by atoms with E-state index >= 15 is 0 Å². The van der Waals surface area contributed by atoms with E-state index in [4.69, 9.17) is 11.6 Å². The van der Waals surface area contributed by atoms with Crippen LogP contribution in [0, 0.1) is 0 Å². The van der Waals surface area contributed by atoms with E-state index in [0.29, 0.717) is 10.4 Å². The highest BCUT2D eigenvalue weighted by molar-refractivity contribution is 7.15. The normalized spacial score (nSPS) is 20.4. The largest absolute Gasteiger partial charge is 0.298 e. The fraction of sp³-hybridized carbons (Fsp3) is 0.357. The Morgan fingerprint density at radius 1 is 1.33 bits per heavy atom. The first-order valence-electron chi connectivity index (χ1n) is 6.19. The van der Waals surface area contributed by atoms with Crippen molar-refractivity contribution in [3.05, 3.63) is 51.4 Å². The zero-order valence-corrected chi connectivity index (χ0v) is 11.6. The fourth-order valence-corrected chi connectivity index (χ4v) is 3.57. The summed E-state index contributed by atoms with van der Waals surface area (Å²) in [7, 11) is 0. The van der Waals surface area contributed by atoms with Crippen LogP contribution in [0.4, 0.5) is 0 Å². The second kappa shape index (κ2) is 5.39. The van der Waals surface area contributed by atoms with Gasteiger partial charge in [0.05, 0.1) is 0 Å². The Balaban J connectivity index is 1.62. The number of aromatic nitrogens is 1. The summed E-state index contributed by atoms with van der Waals surface area (Å²) in [5, 5.41) is 0. The van der Waals surface area contributed by atoms with Gasteiger partial charge in [-0.3, -0.25) is 4.90 Å². The number of thiazole rings is 1. The van der Waals surface area contributed by atoms with Crippen molar-refractivity contribution in [1.29, 1.82) is 0 Å². The van der Waals surface area contributed by atoms with Crippen LogP contribution in [-0.2, 0) is 6.54 Å². The van der Waals surface area contributed by atoms with E-state index in [1.165, 1.54) is 16.9 Å². The summed E-state index contributed by atoms with van der Waals surface area (Å²) in [6, 6.07) is 10.8. The zero-order chi connectivity index (χ0) is 12.4. The van der Waals surface area contributed by atoms with Crippen LogP contribution in [0.5, 0.6) is 0 Å². The van der Waals surface area contributed by atoms with Gasteiger partial charge in [0.1, 0.15) is 0 Å². The minimum Gasteiger partial charge on any atom is -0.298 e. The summed E-state index contributed by atoms with van der Waals surface area (Å²) in [5.41, 5.74) is 1.46. The Morgan fingerprint density at radius 2 is 2.17 bits per heavy atom. The molecule has 94 valence electrons. The topological polar surface area (TPSA) is 16.1 Å². The maximum Gasteiger partial charge on any atom is 0.183 e. The van der Waals surface area contributed by atoms with Crippen LogP contribution in [0.25, 0.3) is 0 Å². The van der Waals surface area contributed by atoms with Gasteiger partial charge in [-0.15, -0.1) is 11.3 Å². The third kappa shape index (κ3) is 2.74. The van der Waals surface area contributed by atoms with Gasteiger partial charge in [0.25, 0.3) is 0 Å². The number of rotatable bonds is 3. The molecule has 0 bridgehead atoms. The van der Waals surface area contributed by atoms with Gasteiger partial charge in [0.15, 0.2) is 4.47 Å².